The van der Waals surface area contributed by atoms with Gasteiger partial charge in [-0.05, 0) is 38.7 Å². The minimum absolute atomic E-state index is 0.0498. The molecule has 2 saturated heterocycles. The highest BCUT2D eigenvalue weighted by Gasteiger charge is 2.42. The van der Waals surface area contributed by atoms with Crippen molar-refractivity contribution in [3.8, 4) is 0 Å². The second-order valence-electron chi connectivity index (χ2n) is 7.87. The third-order valence-corrected chi connectivity index (χ3v) is 5.85. The smallest absolute Gasteiger partial charge is 0.267 e. The van der Waals surface area contributed by atoms with E-state index in [2.05, 4.69) is 5.10 Å². The van der Waals surface area contributed by atoms with Crippen molar-refractivity contribution in [2.45, 2.75) is 46.1 Å². The predicted octanol–water partition coefficient (Wildman–Crippen LogP) is 0.0836. The lowest BCUT2D eigenvalue weighted by Crippen LogP contribution is -2.56. The summed E-state index contributed by atoms with van der Waals surface area (Å²) in [7, 11) is 0. The van der Waals surface area contributed by atoms with Crippen molar-refractivity contribution >= 4 is 11.8 Å². The molecule has 0 bridgehead atoms. The zero-order valence-corrected chi connectivity index (χ0v) is 16.1. The standard InChI is InChI=1S/C19H28N4O4/c1-14-10-17(26)23(20-15(14)2)11-18(27)21-7-3-5-19(12-21)6-4-16(25)22(13-19)8-9-24/h10,24H,3-9,11-13H2,1-2H3/t19-/m1/s1. The van der Waals surface area contributed by atoms with Crippen LogP contribution in [0.5, 0.6) is 0 Å². The van der Waals surface area contributed by atoms with Crippen LogP contribution in [-0.2, 0) is 16.1 Å². The number of aliphatic hydroxyl groups excluding tert-OH is 1. The number of hydrogen-bond acceptors (Lipinski definition) is 5. The van der Waals surface area contributed by atoms with Crippen LogP contribution in [0.1, 0.15) is 36.9 Å². The molecule has 0 aromatic carbocycles. The average Bonchev–Trinajstić information content (AvgIpc) is 2.63. The Morgan fingerprint density at radius 2 is 2.04 bits per heavy atom. The van der Waals surface area contributed by atoms with E-state index in [1.54, 1.807) is 9.80 Å². The summed E-state index contributed by atoms with van der Waals surface area (Å²) in [5.41, 5.74) is 1.17. The zero-order valence-electron chi connectivity index (χ0n) is 16.1. The molecule has 2 aliphatic rings. The molecule has 0 radical (unpaired) electrons. The zero-order chi connectivity index (χ0) is 19.6. The van der Waals surface area contributed by atoms with Gasteiger partial charge in [0.05, 0.1) is 12.3 Å². The van der Waals surface area contributed by atoms with Gasteiger partial charge >= 0.3 is 0 Å². The topological polar surface area (TPSA) is 95.7 Å². The molecule has 1 aromatic heterocycles. The van der Waals surface area contributed by atoms with Gasteiger partial charge in [-0.15, -0.1) is 0 Å². The van der Waals surface area contributed by atoms with E-state index in [1.807, 2.05) is 13.8 Å². The Morgan fingerprint density at radius 3 is 2.78 bits per heavy atom. The minimum Gasteiger partial charge on any atom is -0.395 e. The maximum atomic E-state index is 12.8. The Labute approximate surface area is 158 Å². The summed E-state index contributed by atoms with van der Waals surface area (Å²) in [5, 5.41) is 13.4. The molecule has 1 spiro atoms. The number of nitrogens with zero attached hydrogens (tertiary/aromatic N) is 4. The van der Waals surface area contributed by atoms with Crippen LogP contribution in [0, 0.1) is 19.3 Å². The van der Waals surface area contributed by atoms with Crippen molar-refractivity contribution in [3.63, 3.8) is 0 Å². The molecule has 0 aliphatic carbocycles. The first-order valence-electron chi connectivity index (χ1n) is 9.55. The van der Waals surface area contributed by atoms with Gasteiger partial charge in [0.1, 0.15) is 6.54 Å². The first-order chi connectivity index (χ1) is 12.8. The molecule has 2 aliphatic heterocycles. The van der Waals surface area contributed by atoms with Crippen LogP contribution in [0.15, 0.2) is 10.9 Å². The molecule has 8 heteroatoms. The third-order valence-electron chi connectivity index (χ3n) is 5.85. The van der Waals surface area contributed by atoms with Crippen LogP contribution in [-0.4, -0.2) is 69.3 Å². The quantitative estimate of drug-likeness (QED) is 0.803. The van der Waals surface area contributed by atoms with Gasteiger partial charge in [0.15, 0.2) is 0 Å². The van der Waals surface area contributed by atoms with Crippen molar-refractivity contribution in [1.82, 2.24) is 19.6 Å². The second kappa shape index (κ2) is 7.80. The third kappa shape index (κ3) is 4.21. The Hall–Kier alpha value is -2.22. The molecule has 148 valence electrons. The SMILES string of the molecule is Cc1cc(=O)n(CC(=O)N2CCC[C@@]3(CCC(=O)N(CCO)C3)C2)nc1C. The molecular formula is C19H28N4O4. The van der Waals surface area contributed by atoms with Crippen molar-refractivity contribution in [2.24, 2.45) is 5.41 Å². The molecule has 2 fully saturated rings. The maximum absolute atomic E-state index is 12.8. The number of likely N-dealkylation sites (tertiary alicyclic amines) is 2. The maximum Gasteiger partial charge on any atom is 0.267 e. The lowest BCUT2D eigenvalue weighted by atomic mass is 9.73. The van der Waals surface area contributed by atoms with Crippen LogP contribution < -0.4 is 5.56 Å². The lowest BCUT2D eigenvalue weighted by Gasteiger charge is -2.48. The van der Waals surface area contributed by atoms with Gasteiger partial charge in [-0.3, -0.25) is 14.4 Å². The van der Waals surface area contributed by atoms with Crippen LogP contribution >= 0.6 is 0 Å². The van der Waals surface area contributed by atoms with Gasteiger partial charge in [0, 0.05) is 44.1 Å². The minimum atomic E-state index is -0.268. The Morgan fingerprint density at radius 1 is 1.26 bits per heavy atom. The summed E-state index contributed by atoms with van der Waals surface area (Å²) in [4.78, 5) is 40.5. The van der Waals surface area contributed by atoms with Gasteiger partial charge in [-0.25, -0.2) is 4.68 Å². The van der Waals surface area contributed by atoms with Crippen molar-refractivity contribution in [3.05, 3.63) is 27.7 Å². The molecule has 3 heterocycles. The lowest BCUT2D eigenvalue weighted by molar-refractivity contribution is -0.143. The molecular weight excluding hydrogens is 348 g/mol. The van der Waals surface area contributed by atoms with Crippen LogP contribution in [0.2, 0.25) is 0 Å². The summed E-state index contributed by atoms with van der Waals surface area (Å²) >= 11 is 0. The van der Waals surface area contributed by atoms with E-state index < -0.39 is 0 Å². The van der Waals surface area contributed by atoms with Gasteiger partial charge in [-0.2, -0.15) is 5.10 Å². The van der Waals surface area contributed by atoms with E-state index >= 15 is 0 Å². The second-order valence-corrected chi connectivity index (χ2v) is 7.87. The molecule has 1 aromatic rings. The van der Waals surface area contributed by atoms with E-state index in [-0.39, 0.29) is 35.9 Å². The molecule has 0 unspecified atom stereocenters. The van der Waals surface area contributed by atoms with Gasteiger partial charge < -0.3 is 14.9 Å². The molecule has 2 amide bonds. The molecule has 1 N–H and O–H groups in total. The number of carbonyl (C=O) groups excluding carboxylic acids is 2. The Balaban J connectivity index is 1.71. The number of aryl methyl sites for hydroxylation is 2. The van der Waals surface area contributed by atoms with E-state index in [4.69, 9.17) is 0 Å². The molecule has 1 atom stereocenters. The number of piperidine rings is 2. The predicted molar refractivity (Wildman–Crippen MR) is 99.1 cm³/mol. The summed E-state index contributed by atoms with van der Waals surface area (Å²) in [5.74, 6) is -0.0402. The van der Waals surface area contributed by atoms with Crippen molar-refractivity contribution in [2.75, 3.05) is 32.8 Å². The van der Waals surface area contributed by atoms with Crippen molar-refractivity contribution in [1.29, 1.82) is 0 Å². The average molecular weight is 376 g/mol. The largest absolute Gasteiger partial charge is 0.395 e. The number of hydrogen-bond donors (Lipinski definition) is 1. The van der Waals surface area contributed by atoms with Crippen LogP contribution in [0.4, 0.5) is 0 Å². The normalized spacial score (nSPS) is 23.1. The van der Waals surface area contributed by atoms with E-state index in [1.165, 1.54) is 10.7 Å². The van der Waals surface area contributed by atoms with E-state index in [9.17, 15) is 19.5 Å². The van der Waals surface area contributed by atoms with E-state index in [0.717, 1.165) is 30.5 Å². The fraction of sp³-hybridized carbons (Fsp3) is 0.684. The first kappa shape index (κ1) is 19.5. The Kier molecular flexibility index (Phi) is 5.64. The number of aliphatic hydroxyl groups is 1. The molecule has 0 saturated carbocycles. The van der Waals surface area contributed by atoms with Gasteiger partial charge in [-0.1, -0.05) is 0 Å². The van der Waals surface area contributed by atoms with Crippen molar-refractivity contribution < 1.29 is 14.7 Å². The van der Waals surface area contributed by atoms with Crippen LogP contribution in [0.25, 0.3) is 0 Å². The van der Waals surface area contributed by atoms with E-state index in [0.29, 0.717) is 32.6 Å². The number of rotatable bonds is 4. The fourth-order valence-electron chi connectivity index (χ4n) is 4.20. The summed E-state index contributed by atoms with van der Waals surface area (Å²) in [6.45, 7) is 5.71. The molecule has 3 rings (SSSR count). The van der Waals surface area contributed by atoms with Gasteiger partial charge in [0.25, 0.3) is 5.56 Å². The Bertz CT molecular complexity index is 790. The van der Waals surface area contributed by atoms with Crippen LogP contribution in [0.3, 0.4) is 0 Å². The van der Waals surface area contributed by atoms with Gasteiger partial charge in [0.2, 0.25) is 11.8 Å². The fourth-order valence-corrected chi connectivity index (χ4v) is 4.20. The number of β-amino-alcohol motifs (C(OH)–C–C–N with tert-alkyl or cyclic N) is 1. The highest BCUT2D eigenvalue weighted by atomic mass is 16.3. The number of carbonyl (C=O) groups is 2. The monoisotopic (exact) mass is 376 g/mol. The summed E-state index contributed by atoms with van der Waals surface area (Å²) in [6.07, 6.45) is 3.07. The summed E-state index contributed by atoms with van der Waals surface area (Å²) in [6, 6.07) is 1.51. The summed E-state index contributed by atoms with van der Waals surface area (Å²) < 4.78 is 1.23. The first-order valence-corrected chi connectivity index (χ1v) is 9.55. The molecule has 27 heavy (non-hydrogen) atoms. The highest BCUT2D eigenvalue weighted by Crippen LogP contribution is 2.38. The highest BCUT2D eigenvalue weighted by molar-refractivity contribution is 5.78. The molecule has 8 nitrogen and oxygen atoms in total. The number of amides is 2. The number of aromatic nitrogens is 2.